The van der Waals surface area contributed by atoms with Crippen LogP contribution in [0.4, 0.5) is 0 Å². The van der Waals surface area contributed by atoms with Crippen molar-refractivity contribution in [2.24, 2.45) is 11.8 Å². The number of hydrogen-bond acceptors (Lipinski definition) is 3. The Balaban J connectivity index is 1.93. The van der Waals surface area contributed by atoms with E-state index in [2.05, 4.69) is 31.3 Å². The van der Waals surface area contributed by atoms with Gasteiger partial charge in [-0.2, -0.15) is 0 Å². The summed E-state index contributed by atoms with van der Waals surface area (Å²) in [6.07, 6.45) is 2.61. The summed E-state index contributed by atoms with van der Waals surface area (Å²) in [6, 6.07) is 6.18. The minimum atomic E-state index is 0.670. The first-order valence-corrected chi connectivity index (χ1v) is 7.19. The van der Waals surface area contributed by atoms with Crippen molar-refractivity contribution >= 4 is 0 Å². The number of hydrogen-bond donors (Lipinski definition) is 1. The topological polar surface area (TPSA) is 30.5 Å². The summed E-state index contributed by atoms with van der Waals surface area (Å²) in [7, 11) is 1.69. The third-order valence-electron chi connectivity index (χ3n) is 3.28. The second-order valence-corrected chi connectivity index (χ2v) is 5.76. The molecule has 1 fully saturated rings. The maximum atomic E-state index is 5.87. The van der Waals surface area contributed by atoms with Crippen molar-refractivity contribution in [1.82, 2.24) is 5.32 Å². The van der Waals surface area contributed by atoms with Gasteiger partial charge in [-0.25, -0.2) is 0 Å². The molecule has 0 spiro atoms. The smallest absolute Gasteiger partial charge is 0.161 e. The highest BCUT2D eigenvalue weighted by molar-refractivity contribution is 5.43. The Hall–Kier alpha value is -1.22. The standard InChI is InChI=1S/C16H25NO2/c1-12(2)9-17-10-14-6-7-15(18-3)16(8-14)19-11-13-4-5-13/h6-8,12-13,17H,4-5,9-11H2,1-3H3. The van der Waals surface area contributed by atoms with Crippen molar-refractivity contribution in [3.63, 3.8) is 0 Å². The molecule has 1 saturated carbocycles. The summed E-state index contributed by atoms with van der Waals surface area (Å²) in [4.78, 5) is 0. The number of ether oxygens (including phenoxy) is 2. The third kappa shape index (κ3) is 4.75. The van der Waals surface area contributed by atoms with E-state index in [0.29, 0.717) is 5.92 Å². The SMILES string of the molecule is COc1ccc(CNCC(C)C)cc1OCC1CC1. The Bertz CT molecular complexity index is 400. The monoisotopic (exact) mass is 263 g/mol. The molecule has 0 saturated heterocycles. The highest BCUT2D eigenvalue weighted by Gasteiger charge is 2.22. The van der Waals surface area contributed by atoms with Crippen molar-refractivity contribution in [3.8, 4) is 11.5 Å². The van der Waals surface area contributed by atoms with Gasteiger partial charge in [0.15, 0.2) is 11.5 Å². The zero-order valence-electron chi connectivity index (χ0n) is 12.2. The molecule has 3 nitrogen and oxygen atoms in total. The number of rotatable bonds is 8. The molecular formula is C16H25NO2. The second kappa shape index (κ2) is 6.80. The minimum Gasteiger partial charge on any atom is -0.493 e. The van der Waals surface area contributed by atoms with Gasteiger partial charge in [0.1, 0.15) is 0 Å². The molecular weight excluding hydrogens is 238 g/mol. The van der Waals surface area contributed by atoms with Gasteiger partial charge >= 0.3 is 0 Å². The van der Waals surface area contributed by atoms with Crippen LogP contribution in [0.5, 0.6) is 11.5 Å². The van der Waals surface area contributed by atoms with E-state index in [1.54, 1.807) is 7.11 Å². The van der Waals surface area contributed by atoms with Gasteiger partial charge in [-0.15, -0.1) is 0 Å². The molecule has 0 bridgehead atoms. The van der Waals surface area contributed by atoms with Gasteiger partial charge in [0.05, 0.1) is 13.7 Å². The summed E-state index contributed by atoms with van der Waals surface area (Å²) < 4.78 is 11.2. The van der Waals surface area contributed by atoms with Crippen LogP contribution >= 0.6 is 0 Å². The lowest BCUT2D eigenvalue weighted by molar-refractivity contribution is 0.280. The molecule has 0 radical (unpaired) electrons. The quantitative estimate of drug-likeness (QED) is 0.781. The molecule has 1 N–H and O–H groups in total. The number of nitrogens with one attached hydrogen (secondary N) is 1. The van der Waals surface area contributed by atoms with E-state index in [4.69, 9.17) is 9.47 Å². The van der Waals surface area contributed by atoms with Crippen molar-refractivity contribution < 1.29 is 9.47 Å². The average Bonchev–Trinajstić information content (AvgIpc) is 3.20. The van der Waals surface area contributed by atoms with E-state index in [9.17, 15) is 0 Å². The van der Waals surface area contributed by atoms with E-state index in [1.165, 1.54) is 18.4 Å². The summed E-state index contributed by atoms with van der Waals surface area (Å²) in [5, 5.41) is 3.45. The van der Waals surface area contributed by atoms with Crippen LogP contribution in [-0.4, -0.2) is 20.3 Å². The Morgan fingerprint density at radius 2 is 2.05 bits per heavy atom. The van der Waals surface area contributed by atoms with Crippen LogP contribution in [0.15, 0.2) is 18.2 Å². The molecule has 2 rings (SSSR count). The minimum absolute atomic E-state index is 0.670. The number of benzene rings is 1. The normalized spacial score (nSPS) is 14.7. The van der Waals surface area contributed by atoms with Crippen LogP contribution < -0.4 is 14.8 Å². The van der Waals surface area contributed by atoms with Gasteiger partial charge in [-0.1, -0.05) is 19.9 Å². The average molecular weight is 263 g/mol. The predicted octanol–water partition coefficient (Wildman–Crippen LogP) is 3.23. The fourth-order valence-electron chi connectivity index (χ4n) is 1.94. The summed E-state index contributed by atoms with van der Waals surface area (Å²) in [6.45, 7) is 7.15. The highest BCUT2D eigenvalue weighted by Crippen LogP contribution is 2.33. The van der Waals surface area contributed by atoms with Crippen LogP contribution in [0.25, 0.3) is 0 Å². The summed E-state index contributed by atoms with van der Waals surface area (Å²) >= 11 is 0. The molecule has 1 aromatic carbocycles. The maximum absolute atomic E-state index is 5.87. The number of methoxy groups -OCH3 is 1. The first kappa shape index (κ1) is 14.2. The fraction of sp³-hybridized carbons (Fsp3) is 0.625. The Morgan fingerprint density at radius 3 is 2.68 bits per heavy atom. The van der Waals surface area contributed by atoms with Crippen molar-refractivity contribution in [1.29, 1.82) is 0 Å². The van der Waals surface area contributed by atoms with Gasteiger partial charge in [0, 0.05) is 6.54 Å². The maximum Gasteiger partial charge on any atom is 0.161 e. The molecule has 0 aromatic heterocycles. The molecule has 1 aliphatic carbocycles. The zero-order valence-corrected chi connectivity index (χ0v) is 12.2. The largest absolute Gasteiger partial charge is 0.493 e. The lowest BCUT2D eigenvalue weighted by Gasteiger charge is -2.13. The molecule has 1 aliphatic rings. The molecule has 0 heterocycles. The molecule has 0 atom stereocenters. The van der Waals surface area contributed by atoms with Crippen molar-refractivity contribution in [2.45, 2.75) is 33.2 Å². The third-order valence-corrected chi connectivity index (χ3v) is 3.28. The molecule has 106 valence electrons. The van der Waals surface area contributed by atoms with E-state index in [0.717, 1.165) is 37.1 Å². The molecule has 1 aromatic rings. The van der Waals surface area contributed by atoms with Crippen molar-refractivity contribution in [3.05, 3.63) is 23.8 Å². The van der Waals surface area contributed by atoms with Gasteiger partial charge in [-0.05, 0) is 48.9 Å². The molecule has 3 heteroatoms. The first-order valence-electron chi connectivity index (χ1n) is 7.19. The van der Waals surface area contributed by atoms with Crippen LogP contribution in [-0.2, 0) is 6.54 Å². The lowest BCUT2D eigenvalue weighted by atomic mass is 10.2. The summed E-state index contributed by atoms with van der Waals surface area (Å²) in [5.41, 5.74) is 1.24. The van der Waals surface area contributed by atoms with Crippen LogP contribution in [0.2, 0.25) is 0 Å². The summed E-state index contributed by atoms with van der Waals surface area (Å²) in [5.74, 6) is 3.13. The molecule has 19 heavy (non-hydrogen) atoms. The van der Waals surface area contributed by atoms with E-state index < -0.39 is 0 Å². The van der Waals surface area contributed by atoms with Crippen LogP contribution in [0.3, 0.4) is 0 Å². The molecule has 0 aliphatic heterocycles. The Labute approximate surface area is 116 Å². The van der Waals surface area contributed by atoms with Crippen LogP contribution in [0, 0.1) is 11.8 Å². The van der Waals surface area contributed by atoms with Gasteiger partial charge in [0.2, 0.25) is 0 Å². The van der Waals surface area contributed by atoms with Crippen LogP contribution in [0.1, 0.15) is 32.3 Å². The fourth-order valence-corrected chi connectivity index (χ4v) is 1.94. The Kier molecular flexibility index (Phi) is 5.08. The second-order valence-electron chi connectivity index (χ2n) is 5.76. The van der Waals surface area contributed by atoms with E-state index in [1.807, 2.05) is 6.07 Å². The zero-order chi connectivity index (χ0) is 13.7. The first-order chi connectivity index (χ1) is 9.19. The predicted molar refractivity (Wildman–Crippen MR) is 77.8 cm³/mol. The van der Waals surface area contributed by atoms with Gasteiger partial charge in [0.25, 0.3) is 0 Å². The highest BCUT2D eigenvalue weighted by atomic mass is 16.5. The van der Waals surface area contributed by atoms with E-state index >= 15 is 0 Å². The molecule has 0 amide bonds. The van der Waals surface area contributed by atoms with E-state index in [-0.39, 0.29) is 0 Å². The lowest BCUT2D eigenvalue weighted by Crippen LogP contribution is -2.19. The molecule has 0 unspecified atom stereocenters. The Morgan fingerprint density at radius 1 is 1.26 bits per heavy atom. The van der Waals surface area contributed by atoms with Gasteiger partial charge in [-0.3, -0.25) is 0 Å². The van der Waals surface area contributed by atoms with Crippen molar-refractivity contribution in [2.75, 3.05) is 20.3 Å². The van der Waals surface area contributed by atoms with Gasteiger partial charge < -0.3 is 14.8 Å².